The number of aromatic amines is 1. The second-order valence-electron chi connectivity index (χ2n) is 5.39. The standard InChI is InChI=1S/C16H17N3O/c1-2-7-15-13(5-1)12(10-20-15)8-17-14-6-3-4-11-9-18-19-16(11)14/h1-2,5,7,9-10,14,17H,3-4,6,8H2,(H,18,19). The van der Waals surface area contributed by atoms with Crippen LogP contribution in [0.1, 0.15) is 35.7 Å². The summed E-state index contributed by atoms with van der Waals surface area (Å²) in [5.41, 5.74) is 4.78. The summed E-state index contributed by atoms with van der Waals surface area (Å²) in [6.07, 6.45) is 7.32. The van der Waals surface area contributed by atoms with Crippen molar-refractivity contribution in [3.63, 3.8) is 0 Å². The number of rotatable bonds is 3. The van der Waals surface area contributed by atoms with Gasteiger partial charge in [0.1, 0.15) is 5.58 Å². The Morgan fingerprint density at radius 1 is 1.35 bits per heavy atom. The zero-order chi connectivity index (χ0) is 13.4. The van der Waals surface area contributed by atoms with Crippen molar-refractivity contribution in [1.29, 1.82) is 0 Å². The minimum absolute atomic E-state index is 0.370. The average molecular weight is 267 g/mol. The van der Waals surface area contributed by atoms with Gasteiger partial charge < -0.3 is 9.73 Å². The summed E-state index contributed by atoms with van der Waals surface area (Å²) in [7, 11) is 0. The van der Waals surface area contributed by atoms with Gasteiger partial charge in [-0.25, -0.2) is 0 Å². The largest absolute Gasteiger partial charge is 0.464 e. The molecule has 0 amide bonds. The summed E-state index contributed by atoms with van der Waals surface area (Å²) < 4.78 is 5.58. The molecule has 4 nitrogen and oxygen atoms in total. The molecule has 0 radical (unpaired) electrons. The maximum Gasteiger partial charge on any atom is 0.134 e. The van der Waals surface area contributed by atoms with Crippen LogP contribution in [0.15, 0.2) is 41.1 Å². The third kappa shape index (κ3) is 1.93. The summed E-state index contributed by atoms with van der Waals surface area (Å²) in [5, 5.41) is 12.1. The van der Waals surface area contributed by atoms with Crippen LogP contribution in [0.5, 0.6) is 0 Å². The molecular weight excluding hydrogens is 250 g/mol. The molecule has 0 bridgehead atoms. The number of nitrogens with one attached hydrogen (secondary N) is 2. The molecule has 2 aromatic heterocycles. The third-order valence-corrected chi connectivity index (χ3v) is 4.14. The van der Waals surface area contributed by atoms with Crippen molar-refractivity contribution < 1.29 is 4.42 Å². The molecule has 1 aliphatic rings. The van der Waals surface area contributed by atoms with Crippen molar-refractivity contribution in [3.8, 4) is 0 Å². The highest BCUT2D eigenvalue weighted by Crippen LogP contribution is 2.28. The topological polar surface area (TPSA) is 53.9 Å². The van der Waals surface area contributed by atoms with E-state index >= 15 is 0 Å². The van der Waals surface area contributed by atoms with E-state index in [1.54, 1.807) is 0 Å². The lowest BCUT2D eigenvalue weighted by molar-refractivity contribution is 0.449. The predicted molar refractivity (Wildman–Crippen MR) is 77.3 cm³/mol. The van der Waals surface area contributed by atoms with Gasteiger partial charge >= 0.3 is 0 Å². The van der Waals surface area contributed by atoms with E-state index in [9.17, 15) is 0 Å². The highest BCUT2D eigenvalue weighted by atomic mass is 16.3. The normalized spacial score (nSPS) is 18.3. The van der Waals surface area contributed by atoms with Crippen LogP contribution in [0.25, 0.3) is 11.0 Å². The van der Waals surface area contributed by atoms with E-state index in [1.165, 1.54) is 28.6 Å². The fourth-order valence-corrected chi connectivity index (χ4v) is 3.07. The fraction of sp³-hybridized carbons (Fsp3) is 0.312. The van der Waals surface area contributed by atoms with E-state index in [0.29, 0.717) is 6.04 Å². The van der Waals surface area contributed by atoms with Gasteiger partial charge in [0, 0.05) is 23.5 Å². The molecule has 0 saturated heterocycles. The first-order valence-electron chi connectivity index (χ1n) is 7.12. The van der Waals surface area contributed by atoms with Crippen LogP contribution in [-0.4, -0.2) is 10.2 Å². The van der Waals surface area contributed by atoms with Crippen LogP contribution in [0.3, 0.4) is 0 Å². The van der Waals surface area contributed by atoms with Gasteiger partial charge in [-0.05, 0) is 30.9 Å². The van der Waals surface area contributed by atoms with Crippen molar-refractivity contribution in [2.24, 2.45) is 0 Å². The lowest BCUT2D eigenvalue weighted by Crippen LogP contribution is -2.24. The molecule has 0 saturated carbocycles. The second-order valence-corrected chi connectivity index (χ2v) is 5.39. The maximum atomic E-state index is 5.58. The van der Waals surface area contributed by atoms with E-state index in [0.717, 1.165) is 25.0 Å². The molecule has 0 fully saturated rings. The minimum atomic E-state index is 0.370. The van der Waals surface area contributed by atoms with Gasteiger partial charge in [-0.1, -0.05) is 18.2 Å². The first-order chi connectivity index (χ1) is 9.92. The minimum Gasteiger partial charge on any atom is -0.464 e. The highest BCUT2D eigenvalue weighted by Gasteiger charge is 2.21. The number of H-pyrrole nitrogens is 1. The van der Waals surface area contributed by atoms with Gasteiger partial charge in [0.05, 0.1) is 18.2 Å². The van der Waals surface area contributed by atoms with Gasteiger partial charge in [-0.15, -0.1) is 0 Å². The molecule has 0 spiro atoms. The fourth-order valence-electron chi connectivity index (χ4n) is 3.07. The SMILES string of the molecule is c1ccc2c(CNC3CCCc4cn[nH]c43)coc2c1. The van der Waals surface area contributed by atoms with E-state index in [1.807, 2.05) is 24.6 Å². The number of aromatic nitrogens is 2. The number of para-hydroxylation sites is 1. The molecule has 3 aromatic rings. The summed E-state index contributed by atoms with van der Waals surface area (Å²) in [4.78, 5) is 0. The predicted octanol–water partition coefficient (Wildman–Crippen LogP) is 3.32. The van der Waals surface area contributed by atoms with Gasteiger partial charge in [0.2, 0.25) is 0 Å². The van der Waals surface area contributed by atoms with Gasteiger partial charge in [0.15, 0.2) is 0 Å². The Bertz CT molecular complexity index is 728. The molecule has 2 heterocycles. The summed E-state index contributed by atoms with van der Waals surface area (Å²) in [6.45, 7) is 0.820. The molecule has 1 aromatic carbocycles. The lowest BCUT2D eigenvalue weighted by Gasteiger charge is -2.22. The Morgan fingerprint density at radius 3 is 3.30 bits per heavy atom. The Morgan fingerprint density at radius 2 is 2.30 bits per heavy atom. The van der Waals surface area contributed by atoms with Crippen LogP contribution < -0.4 is 5.32 Å². The Labute approximate surface area is 117 Å². The van der Waals surface area contributed by atoms with Crippen LogP contribution in [0.4, 0.5) is 0 Å². The smallest absolute Gasteiger partial charge is 0.134 e. The Kier molecular flexibility index (Phi) is 2.81. The van der Waals surface area contributed by atoms with E-state index in [-0.39, 0.29) is 0 Å². The molecule has 4 rings (SSSR count). The number of aryl methyl sites for hydroxylation is 1. The summed E-state index contributed by atoms with van der Waals surface area (Å²) >= 11 is 0. The lowest BCUT2D eigenvalue weighted by atomic mass is 9.93. The zero-order valence-corrected chi connectivity index (χ0v) is 11.2. The molecular formula is C16H17N3O. The van der Waals surface area contributed by atoms with Crippen molar-refractivity contribution in [1.82, 2.24) is 15.5 Å². The van der Waals surface area contributed by atoms with Crippen molar-refractivity contribution in [2.45, 2.75) is 31.8 Å². The zero-order valence-electron chi connectivity index (χ0n) is 11.2. The van der Waals surface area contributed by atoms with Crippen LogP contribution >= 0.6 is 0 Å². The number of nitrogens with zero attached hydrogens (tertiary/aromatic N) is 1. The quantitative estimate of drug-likeness (QED) is 0.765. The second kappa shape index (κ2) is 4.80. The van der Waals surface area contributed by atoms with Crippen molar-refractivity contribution in [2.75, 3.05) is 0 Å². The summed E-state index contributed by atoms with van der Waals surface area (Å²) in [6, 6.07) is 8.54. The number of furan rings is 1. The first kappa shape index (κ1) is 11.7. The van der Waals surface area contributed by atoms with E-state index in [2.05, 4.69) is 27.6 Å². The van der Waals surface area contributed by atoms with Gasteiger partial charge in [-0.2, -0.15) is 5.10 Å². The van der Waals surface area contributed by atoms with Crippen LogP contribution in [0.2, 0.25) is 0 Å². The van der Waals surface area contributed by atoms with E-state index in [4.69, 9.17) is 4.42 Å². The van der Waals surface area contributed by atoms with Crippen molar-refractivity contribution >= 4 is 11.0 Å². The molecule has 4 heteroatoms. The van der Waals surface area contributed by atoms with Gasteiger partial charge in [0.25, 0.3) is 0 Å². The molecule has 0 aliphatic heterocycles. The Balaban J connectivity index is 1.54. The molecule has 102 valence electrons. The molecule has 2 N–H and O–H groups in total. The maximum absolute atomic E-state index is 5.58. The number of hydrogen-bond acceptors (Lipinski definition) is 3. The summed E-state index contributed by atoms with van der Waals surface area (Å²) in [5.74, 6) is 0. The first-order valence-corrected chi connectivity index (χ1v) is 7.12. The molecule has 1 unspecified atom stereocenters. The van der Waals surface area contributed by atoms with E-state index < -0.39 is 0 Å². The van der Waals surface area contributed by atoms with Crippen molar-refractivity contribution in [3.05, 3.63) is 53.5 Å². The van der Waals surface area contributed by atoms with Gasteiger partial charge in [-0.3, -0.25) is 5.10 Å². The number of hydrogen-bond donors (Lipinski definition) is 2. The molecule has 1 atom stereocenters. The number of benzene rings is 1. The number of fused-ring (bicyclic) bond motifs is 2. The van der Waals surface area contributed by atoms with Crippen LogP contribution in [0, 0.1) is 0 Å². The molecule has 20 heavy (non-hydrogen) atoms. The van der Waals surface area contributed by atoms with Crippen LogP contribution in [-0.2, 0) is 13.0 Å². The third-order valence-electron chi connectivity index (χ3n) is 4.14. The Hall–Kier alpha value is -2.07. The average Bonchev–Trinajstić information content (AvgIpc) is 3.12. The molecule has 1 aliphatic carbocycles. The monoisotopic (exact) mass is 267 g/mol. The highest BCUT2D eigenvalue weighted by molar-refractivity contribution is 5.80.